The van der Waals surface area contributed by atoms with Gasteiger partial charge in [0.15, 0.2) is 11.6 Å². The van der Waals surface area contributed by atoms with Crippen molar-refractivity contribution in [3.8, 4) is 56.7 Å². The third-order valence-corrected chi connectivity index (χ3v) is 12.4. The summed E-state index contributed by atoms with van der Waals surface area (Å²) in [5, 5.41) is 6.60. The SMILES string of the molecule is c1ccc(-c2cccc(-c3nc(-c4ccc5c(c4)oc4c5ccc5c4c4ccccc4n5-c4cccc(-c5ccccc5)c4)nc(-n4c5ccccc5c5ccccc54)n3)c2)cc1. The second-order valence-corrected chi connectivity index (χ2v) is 16.0. The van der Waals surface area contributed by atoms with Crippen molar-refractivity contribution in [2.24, 2.45) is 0 Å². The highest BCUT2D eigenvalue weighted by atomic mass is 16.3. The van der Waals surface area contributed by atoms with E-state index >= 15 is 0 Å². The van der Waals surface area contributed by atoms with E-state index < -0.39 is 0 Å². The van der Waals surface area contributed by atoms with Crippen LogP contribution in [-0.2, 0) is 0 Å². The molecule has 4 heterocycles. The smallest absolute Gasteiger partial charge is 0.238 e. The summed E-state index contributed by atoms with van der Waals surface area (Å²) in [6, 6.07) is 74.4. The molecule has 0 saturated carbocycles. The molecule has 0 spiro atoms. The Kier molecular flexibility index (Phi) is 7.80. The van der Waals surface area contributed by atoms with Crippen LogP contribution in [0, 0.1) is 0 Å². The first kappa shape index (κ1) is 35.2. The number of fused-ring (bicyclic) bond motifs is 10. The normalized spacial score (nSPS) is 11.8. The zero-order valence-electron chi connectivity index (χ0n) is 33.9. The Bertz CT molecular complexity index is 3860. The molecule has 0 amide bonds. The standard InChI is InChI=1S/C57H35N5O/c1-3-15-36(16-4-1)38-19-13-21-40(33-38)55-58-56(60-57(59-55)62-48-26-10-7-23-43(48)44-24-8-11-27-49(44)62)41-29-30-45-46-31-32-51-53(54(46)63-52(45)35-41)47-25-9-12-28-50(47)61(51)42-22-14-20-39(34-42)37-17-5-2-6-18-37/h1-35H. The molecule has 0 radical (unpaired) electrons. The summed E-state index contributed by atoms with van der Waals surface area (Å²) in [5.74, 6) is 1.70. The van der Waals surface area contributed by atoms with Gasteiger partial charge in [-0.3, -0.25) is 4.57 Å². The summed E-state index contributed by atoms with van der Waals surface area (Å²) in [7, 11) is 0. The number of benzene rings is 9. The second-order valence-electron chi connectivity index (χ2n) is 16.0. The fraction of sp³-hybridized carbons (Fsp3) is 0. The first-order chi connectivity index (χ1) is 31.2. The summed E-state index contributed by atoms with van der Waals surface area (Å²) < 4.78 is 11.5. The number of aromatic nitrogens is 5. The minimum atomic E-state index is 0.549. The Hall–Kier alpha value is -8.61. The number of hydrogen-bond donors (Lipinski definition) is 0. The molecule has 13 aromatic rings. The number of rotatable bonds is 6. The lowest BCUT2D eigenvalue weighted by Crippen LogP contribution is -2.06. The van der Waals surface area contributed by atoms with Crippen molar-refractivity contribution in [2.45, 2.75) is 0 Å². The number of para-hydroxylation sites is 3. The van der Waals surface area contributed by atoms with Gasteiger partial charge in [-0.2, -0.15) is 9.97 Å². The lowest BCUT2D eigenvalue weighted by Gasteiger charge is -2.11. The van der Waals surface area contributed by atoms with E-state index in [4.69, 9.17) is 19.4 Å². The Labute approximate surface area is 361 Å². The lowest BCUT2D eigenvalue weighted by molar-refractivity contribution is 0.673. The molecule has 0 fully saturated rings. The van der Waals surface area contributed by atoms with E-state index in [0.29, 0.717) is 17.6 Å². The Balaban J connectivity index is 1.01. The van der Waals surface area contributed by atoms with E-state index in [9.17, 15) is 0 Å². The van der Waals surface area contributed by atoms with Crippen LogP contribution >= 0.6 is 0 Å². The molecule has 9 aromatic carbocycles. The van der Waals surface area contributed by atoms with Gasteiger partial charge in [-0.25, -0.2) is 4.98 Å². The maximum Gasteiger partial charge on any atom is 0.238 e. The van der Waals surface area contributed by atoms with Crippen molar-refractivity contribution >= 4 is 65.6 Å². The summed E-state index contributed by atoms with van der Waals surface area (Å²) >= 11 is 0. The Morgan fingerprint density at radius 3 is 1.52 bits per heavy atom. The molecule has 294 valence electrons. The largest absolute Gasteiger partial charge is 0.455 e. The molecular formula is C57H35N5O. The molecule has 0 atom stereocenters. The van der Waals surface area contributed by atoms with Crippen LogP contribution in [0.5, 0.6) is 0 Å². The van der Waals surface area contributed by atoms with E-state index in [2.05, 4.69) is 215 Å². The molecule has 0 aliphatic rings. The van der Waals surface area contributed by atoms with Gasteiger partial charge in [-0.1, -0.05) is 152 Å². The Morgan fingerprint density at radius 1 is 0.317 bits per heavy atom. The van der Waals surface area contributed by atoms with Crippen LogP contribution in [0.4, 0.5) is 0 Å². The predicted molar refractivity (Wildman–Crippen MR) is 258 cm³/mol. The number of nitrogens with zero attached hydrogens (tertiary/aromatic N) is 5. The zero-order chi connectivity index (χ0) is 41.4. The average Bonchev–Trinajstić information content (AvgIpc) is 4.02. The highest BCUT2D eigenvalue weighted by molar-refractivity contribution is 6.24. The quantitative estimate of drug-likeness (QED) is 0.168. The van der Waals surface area contributed by atoms with Gasteiger partial charge in [-0.15, -0.1) is 0 Å². The van der Waals surface area contributed by atoms with Crippen molar-refractivity contribution in [2.75, 3.05) is 0 Å². The molecule has 63 heavy (non-hydrogen) atoms. The molecule has 0 unspecified atom stereocenters. The molecule has 4 aromatic heterocycles. The number of furan rings is 1. The van der Waals surface area contributed by atoms with Crippen LogP contribution in [0.1, 0.15) is 0 Å². The topological polar surface area (TPSA) is 61.7 Å². The minimum Gasteiger partial charge on any atom is -0.455 e. The minimum absolute atomic E-state index is 0.549. The monoisotopic (exact) mass is 805 g/mol. The van der Waals surface area contributed by atoms with Crippen LogP contribution in [0.2, 0.25) is 0 Å². The van der Waals surface area contributed by atoms with Gasteiger partial charge in [0.05, 0.1) is 27.5 Å². The molecule has 0 aliphatic carbocycles. The number of hydrogen-bond acceptors (Lipinski definition) is 4. The van der Waals surface area contributed by atoms with Crippen molar-refractivity contribution in [3.05, 3.63) is 212 Å². The third kappa shape index (κ3) is 5.62. The van der Waals surface area contributed by atoms with E-state index in [1.807, 2.05) is 6.07 Å². The summed E-state index contributed by atoms with van der Waals surface area (Å²) in [6.07, 6.45) is 0. The first-order valence-corrected chi connectivity index (χ1v) is 21.2. The summed E-state index contributed by atoms with van der Waals surface area (Å²) in [6.45, 7) is 0. The summed E-state index contributed by atoms with van der Waals surface area (Å²) in [5.41, 5.74) is 13.3. The predicted octanol–water partition coefficient (Wildman–Crippen LogP) is 14.6. The van der Waals surface area contributed by atoms with Crippen molar-refractivity contribution in [1.29, 1.82) is 0 Å². The van der Waals surface area contributed by atoms with Gasteiger partial charge in [0.25, 0.3) is 0 Å². The van der Waals surface area contributed by atoms with Gasteiger partial charge in [0.2, 0.25) is 5.95 Å². The zero-order valence-corrected chi connectivity index (χ0v) is 33.9. The molecular weight excluding hydrogens is 771 g/mol. The molecule has 6 heteroatoms. The molecule has 0 bridgehead atoms. The molecule has 0 saturated heterocycles. The molecule has 6 nitrogen and oxygen atoms in total. The second kappa shape index (κ2) is 14.0. The van der Waals surface area contributed by atoms with Crippen LogP contribution in [0.3, 0.4) is 0 Å². The molecule has 13 rings (SSSR count). The molecule has 0 aliphatic heterocycles. The van der Waals surface area contributed by atoms with Gasteiger partial charge >= 0.3 is 0 Å². The van der Waals surface area contributed by atoms with Crippen molar-refractivity contribution in [1.82, 2.24) is 24.1 Å². The van der Waals surface area contributed by atoms with Crippen LogP contribution < -0.4 is 0 Å². The first-order valence-electron chi connectivity index (χ1n) is 21.2. The van der Waals surface area contributed by atoms with Crippen LogP contribution in [-0.4, -0.2) is 24.1 Å². The van der Waals surface area contributed by atoms with Crippen LogP contribution in [0.15, 0.2) is 217 Å². The lowest BCUT2D eigenvalue weighted by atomic mass is 10.0. The highest BCUT2D eigenvalue weighted by Gasteiger charge is 2.21. The fourth-order valence-electron chi connectivity index (χ4n) is 9.49. The van der Waals surface area contributed by atoms with Gasteiger partial charge in [0, 0.05) is 43.7 Å². The van der Waals surface area contributed by atoms with E-state index in [1.165, 1.54) is 11.1 Å². The fourth-order valence-corrected chi connectivity index (χ4v) is 9.49. The van der Waals surface area contributed by atoms with Crippen molar-refractivity contribution in [3.63, 3.8) is 0 Å². The van der Waals surface area contributed by atoms with E-state index in [1.54, 1.807) is 0 Å². The highest BCUT2D eigenvalue weighted by Crippen LogP contribution is 2.42. The van der Waals surface area contributed by atoms with Gasteiger partial charge < -0.3 is 8.98 Å². The van der Waals surface area contributed by atoms with E-state index in [-0.39, 0.29) is 0 Å². The average molecular weight is 806 g/mol. The summed E-state index contributed by atoms with van der Waals surface area (Å²) in [4.78, 5) is 15.7. The Morgan fingerprint density at radius 2 is 0.841 bits per heavy atom. The maximum atomic E-state index is 6.99. The third-order valence-electron chi connectivity index (χ3n) is 12.4. The maximum absolute atomic E-state index is 6.99. The van der Waals surface area contributed by atoms with Gasteiger partial charge in [0.1, 0.15) is 11.2 Å². The van der Waals surface area contributed by atoms with Crippen LogP contribution in [0.25, 0.3) is 122 Å². The van der Waals surface area contributed by atoms with E-state index in [0.717, 1.165) is 93.5 Å². The van der Waals surface area contributed by atoms with Crippen molar-refractivity contribution < 1.29 is 4.42 Å². The molecule has 0 N–H and O–H groups in total. The van der Waals surface area contributed by atoms with Gasteiger partial charge in [-0.05, 0) is 82.9 Å².